The summed E-state index contributed by atoms with van der Waals surface area (Å²) in [5, 5.41) is 6.96. The van der Waals surface area contributed by atoms with E-state index in [-0.39, 0.29) is 6.54 Å². The first kappa shape index (κ1) is 21.6. The maximum atomic E-state index is 12.4. The zero-order valence-electron chi connectivity index (χ0n) is 17.2. The number of ether oxygens (including phenoxy) is 3. The molecular weight excluding hydrogens is 402 g/mol. The van der Waals surface area contributed by atoms with Gasteiger partial charge in [-0.2, -0.15) is 5.10 Å². The number of methoxy groups -OCH3 is 3. The molecule has 2 aromatic carbocycles. The number of rotatable bonds is 7. The van der Waals surface area contributed by atoms with Crippen LogP contribution in [0.1, 0.15) is 10.4 Å². The number of nitrogens with one attached hydrogen (secondary N) is 1. The molecule has 3 aromatic rings. The van der Waals surface area contributed by atoms with Gasteiger partial charge in [0, 0.05) is 17.3 Å². The molecule has 3 rings (SSSR count). The van der Waals surface area contributed by atoms with Crippen LogP contribution in [0.4, 0.5) is 5.69 Å². The summed E-state index contributed by atoms with van der Waals surface area (Å²) in [6.45, 7) is -0.279. The zero-order valence-corrected chi connectivity index (χ0v) is 17.2. The SMILES string of the molecule is COC(=O)c1ccc(NC(=O)Cn2nc(-c3ccc(OC)c(OC)c3)ccc2=O)cc1. The van der Waals surface area contributed by atoms with Crippen molar-refractivity contribution in [2.24, 2.45) is 0 Å². The molecule has 9 nitrogen and oxygen atoms in total. The molecule has 1 N–H and O–H groups in total. The number of benzene rings is 2. The maximum absolute atomic E-state index is 12.4. The lowest BCUT2D eigenvalue weighted by molar-refractivity contribution is -0.117. The van der Waals surface area contributed by atoms with Crippen LogP contribution < -0.4 is 20.3 Å². The molecule has 0 saturated heterocycles. The van der Waals surface area contributed by atoms with Crippen LogP contribution in [0.15, 0.2) is 59.4 Å². The first-order chi connectivity index (χ1) is 14.9. The van der Waals surface area contributed by atoms with E-state index < -0.39 is 17.4 Å². The van der Waals surface area contributed by atoms with E-state index in [2.05, 4.69) is 15.2 Å². The van der Waals surface area contributed by atoms with Crippen LogP contribution in [0, 0.1) is 0 Å². The molecule has 9 heteroatoms. The van der Waals surface area contributed by atoms with Gasteiger partial charge in [0.1, 0.15) is 6.54 Å². The Morgan fingerprint density at radius 1 is 0.935 bits per heavy atom. The quantitative estimate of drug-likeness (QED) is 0.581. The van der Waals surface area contributed by atoms with Crippen LogP contribution in [0.3, 0.4) is 0 Å². The molecule has 0 unspecified atom stereocenters. The van der Waals surface area contributed by atoms with Gasteiger partial charge in [0.2, 0.25) is 5.91 Å². The molecule has 1 heterocycles. The van der Waals surface area contributed by atoms with E-state index in [1.807, 2.05) is 0 Å². The lowest BCUT2D eigenvalue weighted by atomic mass is 10.1. The van der Waals surface area contributed by atoms with Crippen molar-refractivity contribution in [3.8, 4) is 22.8 Å². The Hall–Kier alpha value is -4.14. The highest BCUT2D eigenvalue weighted by Gasteiger charge is 2.12. The zero-order chi connectivity index (χ0) is 22.4. The second-order valence-corrected chi connectivity index (χ2v) is 6.40. The van der Waals surface area contributed by atoms with Crippen LogP contribution in [0.5, 0.6) is 11.5 Å². The van der Waals surface area contributed by atoms with Gasteiger partial charge in [-0.1, -0.05) is 0 Å². The average molecular weight is 423 g/mol. The van der Waals surface area contributed by atoms with Gasteiger partial charge in [-0.05, 0) is 48.5 Å². The van der Waals surface area contributed by atoms with Gasteiger partial charge >= 0.3 is 5.97 Å². The predicted molar refractivity (Wildman–Crippen MR) is 113 cm³/mol. The number of anilines is 1. The smallest absolute Gasteiger partial charge is 0.337 e. The summed E-state index contributed by atoms with van der Waals surface area (Å²) in [7, 11) is 4.36. The van der Waals surface area contributed by atoms with Crippen molar-refractivity contribution in [1.29, 1.82) is 0 Å². The third-order valence-electron chi connectivity index (χ3n) is 4.43. The minimum atomic E-state index is -0.472. The number of carbonyl (C=O) groups is 2. The molecule has 0 fully saturated rings. The molecule has 0 atom stereocenters. The van der Waals surface area contributed by atoms with E-state index in [0.29, 0.717) is 34.0 Å². The van der Waals surface area contributed by atoms with E-state index >= 15 is 0 Å². The summed E-state index contributed by atoms with van der Waals surface area (Å²) in [5.41, 5.74) is 1.61. The van der Waals surface area contributed by atoms with Crippen LogP contribution >= 0.6 is 0 Å². The summed E-state index contributed by atoms with van der Waals surface area (Å²) in [6.07, 6.45) is 0. The van der Waals surface area contributed by atoms with Crippen molar-refractivity contribution in [2.45, 2.75) is 6.54 Å². The molecule has 1 aromatic heterocycles. The standard InChI is InChI=1S/C22H21N3O6/c1-29-18-10-6-15(12-19(18)30-2)17-9-11-21(27)25(24-17)13-20(26)23-16-7-4-14(5-8-16)22(28)31-3/h4-12H,13H2,1-3H3,(H,23,26). The number of amides is 1. The number of hydrogen-bond acceptors (Lipinski definition) is 7. The van der Waals surface area contributed by atoms with Gasteiger partial charge in [0.25, 0.3) is 5.56 Å². The monoisotopic (exact) mass is 423 g/mol. The molecule has 1 amide bonds. The Morgan fingerprint density at radius 2 is 1.65 bits per heavy atom. The van der Waals surface area contributed by atoms with Crippen LogP contribution in [-0.4, -0.2) is 43.0 Å². The summed E-state index contributed by atoms with van der Waals surface area (Å²) in [5.74, 6) is 0.176. The van der Waals surface area contributed by atoms with Crippen molar-refractivity contribution >= 4 is 17.6 Å². The van der Waals surface area contributed by atoms with Gasteiger partial charge in [0.15, 0.2) is 11.5 Å². The van der Waals surface area contributed by atoms with Crippen molar-refractivity contribution < 1.29 is 23.8 Å². The van der Waals surface area contributed by atoms with E-state index in [1.165, 1.54) is 39.5 Å². The Kier molecular flexibility index (Phi) is 6.66. The molecule has 0 aliphatic rings. The van der Waals surface area contributed by atoms with Crippen molar-refractivity contribution in [3.05, 3.63) is 70.5 Å². The minimum Gasteiger partial charge on any atom is -0.493 e. The van der Waals surface area contributed by atoms with Gasteiger partial charge < -0.3 is 19.5 Å². The summed E-state index contributed by atoms with van der Waals surface area (Å²) in [6, 6.07) is 14.4. The molecule has 160 valence electrons. The molecule has 0 bridgehead atoms. The molecular formula is C22H21N3O6. The second kappa shape index (κ2) is 9.57. The lowest BCUT2D eigenvalue weighted by Gasteiger charge is -2.11. The molecule has 0 saturated carbocycles. The third-order valence-corrected chi connectivity index (χ3v) is 4.43. The highest BCUT2D eigenvalue weighted by Crippen LogP contribution is 2.31. The molecule has 0 spiro atoms. The number of nitrogens with zero attached hydrogens (tertiary/aromatic N) is 2. The second-order valence-electron chi connectivity index (χ2n) is 6.40. The number of aromatic nitrogens is 2. The highest BCUT2D eigenvalue weighted by molar-refractivity contribution is 5.92. The average Bonchev–Trinajstić information content (AvgIpc) is 2.80. The molecule has 0 radical (unpaired) electrons. The highest BCUT2D eigenvalue weighted by atomic mass is 16.5. The van der Waals surface area contributed by atoms with Gasteiger partial charge in [-0.15, -0.1) is 0 Å². The fourth-order valence-electron chi connectivity index (χ4n) is 2.86. The first-order valence-corrected chi connectivity index (χ1v) is 9.24. The predicted octanol–water partition coefficient (Wildman–Crippen LogP) is 2.35. The fraction of sp³-hybridized carbons (Fsp3) is 0.182. The van der Waals surface area contributed by atoms with Gasteiger partial charge in [-0.25, -0.2) is 9.48 Å². The Labute approximate surface area is 178 Å². The summed E-state index contributed by atoms with van der Waals surface area (Å²) in [4.78, 5) is 36.1. The maximum Gasteiger partial charge on any atom is 0.337 e. The third kappa shape index (κ3) is 5.08. The van der Waals surface area contributed by atoms with Crippen LogP contribution in [-0.2, 0) is 16.1 Å². The Bertz CT molecular complexity index is 1150. The number of esters is 1. The van der Waals surface area contributed by atoms with E-state index in [1.54, 1.807) is 36.4 Å². The topological polar surface area (TPSA) is 109 Å². The minimum absolute atomic E-state index is 0.279. The lowest BCUT2D eigenvalue weighted by Crippen LogP contribution is -2.29. The molecule has 0 aliphatic heterocycles. The van der Waals surface area contributed by atoms with Crippen LogP contribution in [0.2, 0.25) is 0 Å². The fourth-order valence-corrected chi connectivity index (χ4v) is 2.86. The Morgan fingerprint density at radius 3 is 2.29 bits per heavy atom. The van der Waals surface area contributed by atoms with Crippen molar-refractivity contribution in [2.75, 3.05) is 26.6 Å². The largest absolute Gasteiger partial charge is 0.493 e. The Balaban J connectivity index is 1.77. The van der Waals surface area contributed by atoms with Crippen molar-refractivity contribution in [1.82, 2.24) is 9.78 Å². The molecule has 0 aliphatic carbocycles. The summed E-state index contributed by atoms with van der Waals surface area (Å²) >= 11 is 0. The van der Waals surface area contributed by atoms with Crippen LogP contribution in [0.25, 0.3) is 11.3 Å². The molecule has 31 heavy (non-hydrogen) atoms. The summed E-state index contributed by atoms with van der Waals surface area (Å²) < 4.78 is 16.2. The van der Waals surface area contributed by atoms with E-state index in [9.17, 15) is 14.4 Å². The number of carbonyl (C=O) groups excluding carboxylic acids is 2. The van der Waals surface area contributed by atoms with Gasteiger partial charge in [-0.3, -0.25) is 9.59 Å². The van der Waals surface area contributed by atoms with E-state index in [4.69, 9.17) is 9.47 Å². The van der Waals surface area contributed by atoms with E-state index in [0.717, 1.165) is 4.68 Å². The number of hydrogen-bond donors (Lipinski definition) is 1. The van der Waals surface area contributed by atoms with Gasteiger partial charge in [0.05, 0.1) is 32.6 Å². The normalized spacial score (nSPS) is 10.3. The first-order valence-electron chi connectivity index (χ1n) is 9.24. The van der Waals surface area contributed by atoms with Crippen molar-refractivity contribution in [3.63, 3.8) is 0 Å².